The number of rotatable bonds is 5. The maximum atomic E-state index is 6.27. The van der Waals surface area contributed by atoms with Crippen LogP contribution in [0.2, 0.25) is 0 Å². The molecule has 0 amide bonds. The Morgan fingerprint density at radius 3 is 2.33 bits per heavy atom. The summed E-state index contributed by atoms with van der Waals surface area (Å²) in [6.07, 6.45) is 0.905. The topological polar surface area (TPSA) is 0 Å². The average Bonchev–Trinajstić information content (AvgIpc) is 2.90. The van der Waals surface area contributed by atoms with Crippen molar-refractivity contribution in [1.82, 2.24) is 0 Å². The number of alkyl halides is 2. The van der Waals surface area contributed by atoms with Gasteiger partial charge in [0.15, 0.2) is 0 Å². The lowest BCUT2D eigenvalue weighted by Gasteiger charge is -2.31. The highest BCUT2D eigenvalue weighted by Crippen LogP contribution is 2.34. The van der Waals surface area contributed by atoms with Gasteiger partial charge < -0.3 is 0 Å². The van der Waals surface area contributed by atoms with Gasteiger partial charge in [-0.25, -0.2) is 0 Å². The maximum Gasteiger partial charge on any atom is 0.0335 e. The zero-order valence-corrected chi connectivity index (χ0v) is 12.7. The second-order valence-electron chi connectivity index (χ2n) is 4.62. The molecule has 0 nitrogen and oxygen atoms in total. The molecule has 1 heterocycles. The molecular weight excluding hydrogens is 283 g/mol. The summed E-state index contributed by atoms with van der Waals surface area (Å²) in [5, 5.41) is 2.10. The Morgan fingerprint density at radius 2 is 1.78 bits per heavy atom. The lowest BCUT2D eigenvalue weighted by Crippen LogP contribution is -2.33. The number of halogens is 2. The summed E-state index contributed by atoms with van der Waals surface area (Å²) in [6.45, 7) is 2.12. The van der Waals surface area contributed by atoms with Crippen molar-refractivity contribution < 1.29 is 0 Å². The first-order valence-electron chi connectivity index (χ1n) is 5.92. The highest BCUT2D eigenvalue weighted by Gasteiger charge is 2.32. The number of hydrogen-bond donors (Lipinski definition) is 0. The highest BCUT2D eigenvalue weighted by molar-refractivity contribution is 7.09. The third-order valence-electron chi connectivity index (χ3n) is 3.32. The molecule has 18 heavy (non-hydrogen) atoms. The minimum absolute atomic E-state index is 0.167. The molecule has 2 rings (SSSR count). The van der Waals surface area contributed by atoms with Gasteiger partial charge in [-0.2, -0.15) is 0 Å². The van der Waals surface area contributed by atoms with Gasteiger partial charge in [0, 0.05) is 22.1 Å². The first-order valence-corrected chi connectivity index (χ1v) is 7.87. The van der Waals surface area contributed by atoms with Crippen LogP contribution in [0.15, 0.2) is 41.8 Å². The highest BCUT2D eigenvalue weighted by atomic mass is 35.5. The predicted molar refractivity (Wildman–Crippen MR) is 82.3 cm³/mol. The summed E-state index contributed by atoms with van der Waals surface area (Å²) in [5.41, 5.74) is 2.36. The zero-order valence-electron chi connectivity index (χ0n) is 10.3. The fourth-order valence-corrected chi connectivity index (χ4v) is 3.90. The monoisotopic (exact) mass is 298 g/mol. The van der Waals surface area contributed by atoms with Crippen LogP contribution in [0.25, 0.3) is 0 Å². The van der Waals surface area contributed by atoms with E-state index in [2.05, 4.69) is 48.7 Å². The minimum atomic E-state index is -0.167. The van der Waals surface area contributed by atoms with Crippen LogP contribution in [0, 0.1) is 6.92 Å². The van der Waals surface area contributed by atoms with Crippen molar-refractivity contribution in [2.24, 2.45) is 0 Å². The Kier molecular flexibility index (Phi) is 4.71. The van der Waals surface area contributed by atoms with Gasteiger partial charge in [-0.1, -0.05) is 30.3 Å². The van der Waals surface area contributed by atoms with E-state index >= 15 is 0 Å². The summed E-state index contributed by atoms with van der Waals surface area (Å²) in [7, 11) is 0. The van der Waals surface area contributed by atoms with Crippen LogP contribution in [0.1, 0.15) is 16.0 Å². The van der Waals surface area contributed by atoms with Gasteiger partial charge in [0.2, 0.25) is 0 Å². The van der Waals surface area contributed by atoms with Crippen molar-refractivity contribution in [1.29, 1.82) is 0 Å². The van der Waals surface area contributed by atoms with Gasteiger partial charge in [0.25, 0.3) is 0 Å². The van der Waals surface area contributed by atoms with E-state index in [1.807, 2.05) is 0 Å². The third-order valence-corrected chi connectivity index (χ3v) is 5.22. The zero-order chi connectivity index (χ0) is 13.0. The SMILES string of the molecule is Cc1ccccc1C(CCl)(CCl)Cc1cccs1. The van der Waals surface area contributed by atoms with Crippen LogP contribution in [0.3, 0.4) is 0 Å². The molecule has 0 fully saturated rings. The molecule has 1 aromatic carbocycles. The molecule has 0 aliphatic carbocycles. The fraction of sp³-hybridized carbons (Fsp3) is 0.333. The van der Waals surface area contributed by atoms with Gasteiger partial charge >= 0.3 is 0 Å². The van der Waals surface area contributed by atoms with Crippen molar-refractivity contribution in [2.75, 3.05) is 11.8 Å². The molecule has 0 unspecified atom stereocenters. The van der Waals surface area contributed by atoms with E-state index in [1.165, 1.54) is 16.0 Å². The molecule has 2 aromatic rings. The molecule has 0 bridgehead atoms. The third kappa shape index (κ3) is 2.74. The molecule has 0 aliphatic rings. The minimum Gasteiger partial charge on any atom is -0.149 e. The van der Waals surface area contributed by atoms with E-state index in [0.29, 0.717) is 11.8 Å². The lowest BCUT2D eigenvalue weighted by atomic mass is 9.78. The molecule has 96 valence electrons. The fourth-order valence-electron chi connectivity index (χ4n) is 2.28. The Bertz CT molecular complexity index is 487. The van der Waals surface area contributed by atoms with Crippen LogP contribution in [0.5, 0.6) is 0 Å². The molecule has 3 heteroatoms. The normalized spacial score (nSPS) is 11.7. The Balaban J connectivity index is 2.40. The largest absolute Gasteiger partial charge is 0.149 e. The predicted octanol–water partition coefficient (Wildman–Crippen LogP) is 5.01. The van der Waals surface area contributed by atoms with Crippen LogP contribution in [-0.4, -0.2) is 11.8 Å². The molecule has 0 atom stereocenters. The van der Waals surface area contributed by atoms with E-state index in [1.54, 1.807) is 11.3 Å². The second-order valence-corrected chi connectivity index (χ2v) is 6.19. The Hall–Kier alpha value is -0.500. The molecule has 0 radical (unpaired) electrons. The van der Waals surface area contributed by atoms with Crippen molar-refractivity contribution in [3.8, 4) is 0 Å². The smallest absolute Gasteiger partial charge is 0.0335 e. The maximum absolute atomic E-state index is 6.27. The molecule has 0 spiro atoms. The molecular formula is C15H16Cl2S. The summed E-state index contributed by atoms with van der Waals surface area (Å²) in [5.74, 6) is 1.08. The average molecular weight is 299 g/mol. The summed E-state index contributed by atoms with van der Waals surface area (Å²) in [4.78, 5) is 1.33. The summed E-state index contributed by atoms with van der Waals surface area (Å²) >= 11 is 14.3. The molecule has 0 saturated heterocycles. The van der Waals surface area contributed by atoms with Gasteiger partial charge in [-0.05, 0) is 35.9 Å². The van der Waals surface area contributed by atoms with Crippen LogP contribution in [-0.2, 0) is 11.8 Å². The Labute approximate surface area is 123 Å². The van der Waals surface area contributed by atoms with E-state index in [0.717, 1.165) is 6.42 Å². The first-order chi connectivity index (χ1) is 8.72. The second kappa shape index (κ2) is 6.10. The first kappa shape index (κ1) is 13.9. The van der Waals surface area contributed by atoms with Gasteiger partial charge in [0.05, 0.1) is 0 Å². The molecule has 0 saturated carbocycles. The number of hydrogen-bond acceptors (Lipinski definition) is 1. The molecule has 0 aliphatic heterocycles. The van der Waals surface area contributed by atoms with E-state index in [9.17, 15) is 0 Å². The Morgan fingerprint density at radius 1 is 1.06 bits per heavy atom. The number of benzene rings is 1. The van der Waals surface area contributed by atoms with Gasteiger partial charge in [-0.15, -0.1) is 34.5 Å². The van der Waals surface area contributed by atoms with Crippen LogP contribution in [0.4, 0.5) is 0 Å². The van der Waals surface area contributed by atoms with Crippen LogP contribution < -0.4 is 0 Å². The van der Waals surface area contributed by atoms with Crippen molar-refractivity contribution >= 4 is 34.5 Å². The number of aryl methyl sites for hydroxylation is 1. The van der Waals surface area contributed by atoms with E-state index in [-0.39, 0.29) is 5.41 Å². The molecule has 1 aromatic heterocycles. The quantitative estimate of drug-likeness (QED) is 0.680. The number of thiophene rings is 1. The van der Waals surface area contributed by atoms with Crippen molar-refractivity contribution in [2.45, 2.75) is 18.8 Å². The van der Waals surface area contributed by atoms with Gasteiger partial charge in [0.1, 0.15) is 0 Å². The standard InChI is InChI=1S/C15H16Cl2S/c1-12-5-2-3-7-14(12)15(10-16,11-17)9-13-6-4-8-18-13/h2-8H,9-11H2,1H3. The lowest BCUT2D eigenvalue weighted by molar-refractivity contribution is 0.538. The van der Waals surface area contributed by atoms with Gasteiger partial charge in [-0.3, -0.25) is 0 Å². The van der Waals surface area contributed by atoms with E-state index < -0.39 is 0 Å². The summed E-state index contributed by atoms with van der Waals surface area (Å²) < 4.78 is 0. The summed E-state index contributed by atoms with van der Waals surface area (Å²) in [6, 6.07) is 12.6. The van der Waals surface area contributed by atoms with Crippen molar-refractivity contribution in [3.05, 3.63) is 57.8 Å². The van der Waals surface area contributed by atoms with Crippen LogP contribution >= 0.6 is 34.5 Å². The van der Waals surface area contributed by atoms with Crippen molar-refractivity contribution in [3.63, 3.8) is 0 Å². The van der Waals surface area contributed by atoms with E-state index in [4.69, 9.17) is 23.2 Å². The molecule has 0 N–H and O–H groups in total.